The number of carboxylic acid groups (broad SMARTS) is 1. The Kier molecular flexibility index (Phi) is 5.21. The molecule has 0 radical (unpaired) electrons. The van der Waals surface area contributed by atoms with Crippen molar-refractivity contribution in [2.75, 3.05) is 0 Å². The molecule has 0 spiro atoms. The van der Waals surface area contributed by atoms with Gasteiger partial charge in [-0.05, 0) is 43.0 Å². The van der Waals surface area contributed by atoms with E-state index in [9.17, 15) is 24.8 Å². The van der Waals surface area contributed by atoms with Crippen molar-refractivity contribution >= 4 is 34.2 Å². The van der Waals surface area contributed by atoms with Crippen molar-refractivity contribution in [2.45, 2.75) is 26.3 Å². The van der Waals surface area contributed by atoms with Crippen LogP contribution >= 0.6 is 11.6 Å². The van der Waals surface area contributed by atoms with Gasteiger partial charge in [-0.1, -0.05) is 59.6 Å². The van der Waals surface area contributed by atoms with Gasteiger partial charge in [-0.15, -0.1) is 0 Å². The van der Waals surface area contributed by atoms with E-state index >= 15 is 0 Å². The van der Waals surface area contributed by atoms with E-state index < -0.39 is 22.1 Å². The predicted molar refractivity (Wildman–Crippen MR) is 128 cm³/mol. The standard InChI is InChI=1S/C26H19ClN2O5/c1-14-12-16-8-5-11-28-23(16)18(13-14)21(20(25(28)30)15-6-3-2-4-7-15)22-17(26(31)32)9-10-19(27)24(22)29(33)34/h2-4,6-7,9-10,12-13H,5,8,11H2,1H3,(H,31,32)/p-1. The topological polar surface area (TPSA) is 105 Å². The molecule has 3 aromatic carbocycles. The lowest BCUT2D eigenvalue weighted by atomic mass is 9.86. The number of rotatable bonds is 4. The smallest absolute Gasteiger partial charge is 0.296 e. The van der Waals surface area contributed by atoms with Gasteiger partial charge in [0.1, 0.15) is 5.02 Å². The van der Waals surface area contributed by atoms with Gasteiger partial charge in [-0.25, -0.2) is 0 Å². The number of pyridine rings is 1. The van der Waals surface area contributed by atoms with Crippen LogP contribution in [0.5, 0.6) is 0 Å². The number of aryl methyl sites for hydroxylation is 3. The summed E-state index contributed by atoms with van der Waals surface area (Å²) >= 11 is 6.23. The van der Waals surface area contributed by atoms with Crippen LogP contribution in [-0.4, -0.2) is 15.5 Å². The summed E-state index contributed by atoms with van der Waals surface area (Å²) in [4.78, 5) is 37.5. The SMILES string of the molecule is Cc1cc2c3c(c1)c(-c1c(C(=O)[O-])ccc(Cl)c1[N+](=O)[O-])c(-c1ccccc1)c(=O)n3CCC2. The van der Waals surface area contributed by atoms with Crippen LogP contribution < -0.4 is 10.7 Å². The summed E-state index contributed by atoms with van der Waals surface area (Å²) in [7, 11) is 0. The predicted octanol–water partition coefficient (Wildman–Crippen LogP) is 4.52. The van der Waals surface area contributed by atoms with E-state index in [2.05, 4.69) is 0 Å². The average molecular weight is 474 g/mol. The van der Waals surface area contributed by atoms with Crippen LogP contribution in [0.3, 0.4) is 0 Å². The maximum absolute atomic E-state index is 13.9. The number of halogens is 1. The molecule has 0 aliphatic carbocycles. The van der Waals surface area contributed by atoms with E-state index in [1.807, 2.05) is 19.1 Å². The van der Waals surface area contributed by atoms with E-state index in [0.29, 0.717) is 23.0 Å². The van der Waals surface area contributed by atoms with Gasteiger partial charge in [0.15, 0.2) is 0 Å². The summed E-state index contributed by atoms with van der Waals surface area (Å²) in [6.07, 6.45) is 1.52. The molecule has 34 heavy (non-hydrogen) atoms. The number of carbonyl (C=O) groups is 1. The second-order valence-electron chi connectivity index (χ2n) is 8.36. The Hall–Kier alpha value is -3.97. The molecule has 0 bridgehead atoms. The summed E-state index contributed by atoms with van der Waals surface area (Å²) in [6, 6.07) is 15.0. The van der Waals surface area contributed by atoms with E-state index in [4.69, 9.17) is 11.6 Å². The zero-order valence-electron chi connectivity index (χ0n) is 18.1. The number of aromatic carboxylic acids is 1. The Morgan fingerprint density at radius 3 is 2.47 bits per heavy atom. The summed E-state index contributed by atoms with van der Waals surface area (Å²) < 4.78 is 1.69. The minimum absolute atomic E-state index is 0.183. The van der Waals surface area contributed by atoms with Crippen LogP contribution in [0.1, 0.15) is 27.9 Å². The van der Waals surface area contributed by atoms with Gasteiger partial charge in [-0.2, -0.15) is 0 Å². The van der Waals surface area contributed by atoms with Gasteiger partial charge in [0, 0.05) is 23.1 Å². The van der Waals surface area contributed by atoms with Crippen molar-refractivity contribution in [3.8, 4) is 22.3 Å². The maximum Gasteiger partial charge on any atom is 0.296 e. The highest BCUT2D eigenvalue weighted by Crippen LogP contribution is 2.46. The number of nitro groups is 1. The van der Waals surface area contributed by atoms with Crippen molar-refractivity contribution in [3.05, 3.63) is 96.8 Å². The first-order valence-electron chi connectivity index (χ1n) is 10.7. The summed E-state index contributed by atoms with van der Waals surface area (Å²) in [6.45, 7) is 2.40. The summed E-state index contributed by atoms with van der Waals surface area (Å²) in [5, 5.41) is 24.7. The average Bonchev–Trinajstić information content (AvgIpc) is 2.80. The molecular formula is C26H18ClN2O5-. The second-order valence-corrected chi connectivity index (χ2v) is 8.77. The van der Waals surface area contributed by atoms with Crippen LogP contribution in [0.25, 0.3) is 33.2 Å². The van der Waals surface area contributed by atoms with Gasteiger partial charge in [0.05, 0.1) is 27.5 Å². The molecule has 8 heteroatoms. The number of nitrogens with zero attached hydrogens (tertiary/aromatic N) is 2. The molecule has 1 aromatic heterocycles. The lowest BCUT2D eigenvalue weighted by Gasteiger charge is -2.25. The Morgan fingerprint density at radius 1 is 1.06 bits per heavy atom. The van der Waals surface area contributed by atoms with Crippen LogP contribution in [0, 0.1) is 17.0 Å². The quantitative estimate of drug-likeness (QED) is 0.320. The highest BCUT2D eigenvalue weighted by Gasteiger charge is 2.31. The fraction of sp³-hybridized carbons (Fsp3) is 0.154. The molecule has 170 valence electrons. The van der Waals surface area contributed by atoms with Gasteiger partial charge >= 0.3 is 0 Å². The molecule has 1 aliphatic heterocycles. The molecule has 5 rings (SSSR count). The fourth-order valence-electron chi connectivity index (χ4n) is 4.97. The van der Waals surface area contributed by atoms with E-state index in [1.165, 1.54) is 12.1 Å². The van der Waals surface area contributed by atoms with Crippen molar-refractivity contribution < 1.29 is 14.8 Å². The minimum Gasteiger partial charge on any atom is -0.545 e. The molecule has 0 unspecified atom stereocenters. The Balaban J connectivity index is 2.12. The summed E-state index contributed by atoms with van der Waals surface area (Å²) in [5.41, 5.74) is 1.89. The van der Waals surface area contributed by atoms with Gasteiger partial charge in [-0.3, -0.25) is 14.9 Å². The Bertz CT molecular complexity index is 1570. The number of nitro benzene ring substituents is 1. The number of carboxylic acids is 1. The number of hydrogen-bond donors (Lipinski definition) is 0. The number of hydrogen-bond acceptors (Lipinski definition) is 5. The van der Waals surface area contributed by atoms with Gasteiger partial charge < -0.3 is 14.5 Å². The molecule has 0 N–H and O–H groups in total. The van der Waals surface area contributed by atoms with Crippen LogP contribution in [-0.2, 0) is 13.0 Å². The first-order chi connectivity index (χ1) is 16.3. The molecular weight excluding hydrogens is 456 g/mol. The van der Waals surface area contributed by atoms with E-state index in [1.54, 1.807) is 34.9 Å². The molecule has 4 aromatic rings. The first kappa shape index (κ1) is 21.9. The monoisotopic (exact) mass is 473 g/mol. The zero-order valence-corrected chi connectivity index (χ0v) is 18.9. The lowest BCUT2D eigenvalue weighted by Crippen LogP contribution is -2.28. The lowest BCUT2D eigenvalue weighted by molar-refractivity contribution is -0.384. The molecule has 1 aliphatic rings. The second kappa shape index (κ2) is 8.11. The van der Waals surface area contributed by atoms with Crippen molar-refractivity contribution in [2.24, 2.45) is 0 Å². The number of aromatic nitrogens is 1. The molecule has 0 saturated carbocycles. The van der Waals surface area contributed by atoms with Crippen molar-refractivity contribution in [1.82, 2.24) is 4.57 Å². The highest BCUT2D eigenvalue weighted by atomic mass is 35.5. The van der Waals surface area contributed by atoms with E-state index in [-0.39, 0.29) is 27.3 Å². The third-order valence-electron chi connectivity index (χ3n) is 6.25. The van der Waals surface area contributed by atoms with Gasteiger partial charge in [0.25, 0.3) is 11.2 Å². The normalized spacial score (nSPS) is 12.6. The maximum atomic E-state index is 13.9. The largest absolute Gasteiger partial charge is 0.545 e. The molecule has 0 saturated heterocycles. The zero-order chi connectivity index (χ0) is 24.1. The molecule has 7 nitrogen and oxygen atoms in total. The number of benzene rings is 3. The molecule has 0 amide bonds. The Labute approximate surface area is 199 Å². The van der Waals surface area contributed by atoms with Crippen LogP contribution in [0.2, 0.25) is 5.02 Å². The van der Waals surface area contributed by atoms with Crippen LogP contribution in [0.15, 0.2) is 59.4 Å². The highest BCUT2D eigenvalue weighted by molar-refractivity contribution is 6.34. The minimum atomic E-state index is -1.59. The third kappa shape index (κ3) is 3.28. The summed E-state index contributed by atoms with van der Waals surface area (Å²) in [5.74, 6) is -1.59. The Morgan fingerprint density at radius 2 is 1.79 bits per heavy atom. The molecule has 0 atom stereocenters. The molecule has 2 heterocycles. The molecule has 0 fully saturated rings. The van der Waals surface area contributed by atoms with Crippen LogP contribution in [0.4, 0.5) is 5.69 Å². The fourth-order valence-corrected chi connectivity index (χ4v) is 5.20. The first-order valence-corrected chi connectivity index (χ1v) is 11.1. The number of carbonyl (C=O) groups excluding carboxylic acids is 1. The van der Waals surface area contributed by atoms with Crippen molar-refractivity contribution in [3.63, 3.8) is 0 Å². The van der Waals surface area contributed by atoms with E-state index in [0.717, 1.165) is 24.0 Å². The third-order valence-corrected chi connectivity index (χ3v) is 6.56. The van der Waals surface area contributed by atoms with Gasteiger partial charge in [0.2, 0.25) is 0 Å². The van der Waals surface area contributed by atoms with Crippen molar-refractivity contribution in [1.29, 1.82) is 0 Å².